The molecule has 0 rings (SSSR count). The average Bonchev–Trinajstić information content (AvgIpc) is 2.26. The van der Waals surface area contributed by atoms with Gasteiger partial charge in [0.15, 0.2) is 5.76 Å². The zero-order valence-electron chi connectivity index (χ0n) is 13.9. The van der Waals surface area contributed by atoms with Gasteiger partial charge in [-0.15, -0.1) is 0 Å². The predicted molar refractivity (Wildman–Crippen MR) is 73.5 cm³/mol. The van der Waals surface area contributed by atoms with E-state index in [1.54, 1.807) is 0 Å². The molecule has 0 amide bonds. The molecular weight excluding hydrogens is 312 g/mol. The number of rotatable bonds is 7. The second-order valence-electron chi connectivity index (χ2n) is 4.87. The molecule has 0 spiro atoms. The number of aliphatic hydroxyl groups excluding tert-OH is 1. The van der Waals surface area contributed by atoms with Gasteiger partial charge in [-0.05, 0) is 41.5 Å². The first-order chi connectivity index (χ1) is 9.09. The zero-order chi connectivity index (χ0) is 16.3. The Hall–Kier alpha value is -0.716. The summed E-state index contributed by atoms with van der Waals surface area (Å²) in [6.07, 6.45) is 0.306. The molecule has 0 aromatic heterocycles. The topological polar surface area (TPSA) is 88.1 Å². The number of allylic oxidation sites excluding steroid dienone is 1. The fourth-order valence-electron chi connectivity index (χ4n) is 1.02. The van der Waals surface area contributed by atoms with Crippen molar-refractivity contribution in [3.63, 3.8) is 0 Å². The summed E-state index contributed by atoms with van der Waals surface area (Å²) in [6.45, 7) is 12.8. The van der Waals surface area contributed by atoms with Crippen LogP contribution < -0.4 is 5.11 Å². The number of aliphatic carboxylic acids is 1. The van der Waals surface area contributed by atoms with Crippen LogP contribution >= 0.6 is 0 Å². The molecule has 21 heavy (non-hydrogen) atoms. The van der Waals surface area contributed by atoms with Crippen molar-refractivity contribution in [2.45, 2.75) is 66.8 Å². The third kappa shape index (κ3) is 19.3. The summed E-state index contributed by atoms with van der Waals surface area (Å²) < 4.78 is 16.7. The standard InChI is InChI=1S/C12H24O3.C2H4O3.Ti/c1-8(2)13-11(7)12(14-9(3)4)15-10(5)6;3-1-2(4)5;/h8-10H,1-7H3;3H,1H2,(H,4,5);/q;;+2/p-1. The molecule has 1 N–H and O–H groups in total. The summed E-state index contributed by atoms with van der Waals surface area (Å²) in [7, 11) is 0. The van der Waals surface area contributed by atoms with Gasteiger partial charge >= 0.3 is 27.7 Å². The number of ether oxygens (including phenoxy) is 3. The summed E-state index contributed by atoms with van der Waals surface area (Å²) in [5, 5.41) is 16.5. The Balaban J connectivity index is -0.000000465. The minimum atomic E-state index is -1.44. The van der Waals surface area contributed by atoms with E-state index in [2.05, 4.69) is 0 Å². The Kier molecular flexibility index (Phi) is 17.1. The SMILES string of the molecule is CC(OC(C)C)=C(OC(C)C)OC(C)C.O=C([O-])CO.[Ti+2]. The molecule has 6 nitrogen and oxygen atoms in total. The van der Waals surface area contributed by atoms with Gasteiger partial charge in [-0.25, -0.2) is 0 Å². The van der Waals surface area contributed by atoms with Gasteiger partial charge in [0, 0.05) is 6.92 Å². The van der Waals surface area contributed by atoms with Crippen LogP contribution in [-0.2, 0) is 40.7 Å². The van der Waals surface area contributed by atoms with Crippen LogP contribution in [0.15, 0.2) is 11.7 Å². The van der Waals surface area contributed by atoms with E-state index < -0.39 is 12.6 Å². The maximum atomic E-state index is 9.01. The molecule has 0 saturated heterocycles. The van der Waals surface area contributed by atoms with Gasteiger partial charge in [-0.3, -0.25) is 0 Å². The van der Waals surface area contributed by atoms with Crippen LogP contribution in [0.4, 0.5) is 0 Å². The number of carboxylic acid groups (broad SMARTS) is 1. The van der Waals surface area contributed by atoms with Crippen molar-refractivity contribution in [2.24, 2.45) is 0 Å². The normalized spacial score (nSPS) is 9.48. The van der Waals surface area contributed by atoms with Crippen molar-refractivity contribution in [2.75, 3.05) is 6.61 Å². The van der Waals surface area contributed by atoms with Crippen molar-refractivity contribution < 1.29 is 50.9 Å². The van der Waals surface area contributed by atoms with Crippen molar-refractivity contribution in [1.82, 2.24) is 0 Å². The molecule has 0 aliphatic carbocycles. The van der Waals surface area contributed by atoms with Crippen molar-refractivity contribution in [1.29, 1.82) is 0 Å². The van der Waals surface area contributed by atoms with Crippen LogP contribution in [0.5, 0.6) is 0 Å². The van der Waals surface area contributed by atoms with Crippen molar-refractivity contribution in [3.8, 4) is 0 Å². The maximum Gasteiger partial charge on any atom is 2.00 e. The first-order valence-corrected chi connectivity index (χ1v) is 6.61. The number of carbonyl (C=O) groups is 1. The van der Waals surface area contributed by atoms with Gasteiger partial charge in [0.05, 0.1) is 30.9 Å². The summed E-state index contributed by atoms with van der Waals surface area (Å²) in [5.41, 5.74) is 0. The first-order valence-electron chi connectivity index (χ1n) is 6.61. The number of hydrogen-bond donors (Lipinski definition) is 1. The minimum absolute atomic E-state index is 0. The van der Waals surface area contributed by atoms with Crippen molar-refractivity contribution in [3.05, 3.63) is 11.7 Å². The van der Waals surface area contributed by atoms with E-state index >= 15 is 0 Å². The van der Waals surface area contributed by atoms with Crippen LogP contribution in [-0.4, -0.2) is 36.0 Å². The van der Waals surface area contributed by atoms with Gasteiger partial charge in [-0.2, -0.15) is 0 Å². The summed E-state index contributed by atoms with van der Waals surface area (Å²) >= 11 is 0. The molecule has 0 aromatic carbocycles. The third-order valence-corrected chi connectivity index (χ3v) is 1.51. The summed E-state index contributed by atoms with van der Waals surface area (Å²) in [5.74, 6) is -0.244. The average molecular weight is 339 g/mol. The molecule has 0 fully saturated rings. The van der Waals surface area contributed by atoms with Gasteiger partial charge in [0.25, 0.3) is 0 Å². The van der Waals surface area contributed by atoms with E-state index in [4.69, 9.17) is 29.2 Å². The first kappa shape index (κ1) is 25.3. The van der Waals surface area contributed by atoms with E-state index in [1.165, 1.54) is 0 Å². The van der Waals surface area contributed by atoms with E-state index in [0.717, 1.165) is 0 Å². The third-order valence-electron chi connectivity index (χ3n) is 1.51. The molecule has 0 bridgehead atoms. The van der Waals surface area contributed by atoms with Crippen LogP contribution in [0.3, 0.4) is 0 Å². The van der Waals surface area contributed by atoms with E-state index in [-0.39, 0.29) is 40.0 Å². The van der Waals surface area contributed by atoms with Crippen LogP contribution in [0.1, 0.15) is 48.5 Å². The van der Waals surface area contributed by atoms with Crippen molar-refractivity contribution >= 4 is 5.97 Å². The quantitative estimate of drug-likeness (QED) is 0.553. The van der Waals surface area contributed by atoms with Gasteiger partial charge in [0.2, 0.25) is 0 Å². The molecule has 0 aromatic rings. The minimum Gasteiger partial charge on any atom is -0.548 e. The Labute approximate surface area is 142 Å². The molecule has 7 heteroatoms. The number of carboxylic acids is 1. The molecule has 0 radical (unpaired) electrons. The number of hydrogen-bond acceptors (Lipinski definition) is 6. The van der Waals surface area contributed by atoms with Gasteiger partial charge < -0.3 is 29.2 Å². The Morgan fingerprint density at radius 3 is 1.43 bits per heavy atom. The summed E-state index contributed by atoms with van der Waals surface area (Å²) in [4.78, 5) is 9.01. The Bertz CT molecular complexity index is 288. The molecular formula is C14H27O6Ti+. The Morgan fingerprint density at radius 2 is 1.24 bits per heavy atom. The van der Waals surface area contributed by atoms with Gasteiger partial charge in [0.1, 0.15) is 0 Å². The zero-order valence-corrected chi connectivity index (χ0v) is 15.5. The molecule has 0 aliphatic heterocycles. The van der Waals surface area contributed by atoms with Crippen LogP contribution in [0.2, 0.25) is 0 Å². The second-order valence-corrected chi connectivity index (χ2v) is 4.87. The molecule has 0 aliphatic rings. The summed E-state index contributed by atoms with van der Waals surface area (Å²) in [6, 6.07) is 0. The monoisotopic (exact) mass is 339 g/mol. The number of aliphatic hydroxyl groups is 1. The molecule has 0 saturated carbocycles. The molecule has 0 atom stereocenters. The maximum absolute atomic E-state index is 9.01. The largest absolute Gasteiger partial charge is 2.00 e. The van der Waals surface area contributed by atoms with E-state index in [9.17, 15) is 0 Å². The Morgan fingerprint density at radius 1 is 0.952 bits per heavy atom. The smallest absolute Gasteiger partial charge is 0.548 e. The number of carbonyl (C=O) groups excluding carboxylic acids is 1. The molecule has 122 valence electrons. The van der Waals surface area contributed by atoms with Crippen LogP contribution in [0, 0.1) is 0 Å². The van der Waals surface area contributed by atoms with Crippen LogP contribution in [0.25, 0.3) is 0 Å². The van der Waals surface area contributed by atoms with E-state index in [0.29, 0.717) is 11.7 Å². The molecule has 0 unspecified atom stereocenters. The van der Waals surface area contributed by atoms with E-state index in [1.807, 2.05) is 48.5 Å². The second kappa shape index (κ2) is 14.2. The fraction of sp³-hybridized carbons (Fsp3) is 0.786. The fourth-order valence-corrected chi connectivity index (χ4v) is 1.02. The predicted octanol–water partition coefficient (Wildman–Crippen LogP) is 1.18. The van der Waals surface area contributed by atoms with Gasteiger partial charge in [-0.1, -0.05) is 0 Å². The molecule has 0 heterocycles.